The van der Waals surface area contributed by atoms with Gasteiger partial charge in [0.2, 0.25) is 0 Å². The molecule has 2 fully saturated rings. The summed E-state index contributed by atoms with van der Waals surface area (Å²) in [5.74, 6) is 0.225. The zero-order chi connectivity index (χ0) is 17.5. The van der Waals surface area contributed by atoms with E-state index < -0.39 is 22.2 Å². The van der Waals surface area contributed by atoms with Gasteiger partial charge in [0.05, 0.1) is 16.6 Å². The molecule has 3 unspecified atom stereocenters. The lowest BCUT2D eigenvalue weighted by Crippen LogP contribution is -2.59. The average Bonchev–Trinajstić information content (AvgIpc) is 2.33. The smallest absolute Gasteiger partial charge is 0.312 e. The number of esters is 1. The number of aliphatic hydroxyl groups is 2. The van der Waals surface area contributed by atoms with Gasteiger partial charge in [0, 0.05) is 19.3 Å². The fourth-order valence-electron chi connectivity index (χ4n) is 4.98. The third-order valence-electron chi connectivity index (χ3n) is 5.82. The number of carbonyl (C=O) groups excluding carboxylic acids is 1. The van der Waals surface area contributed by atoms with E-state index in [-0.39, 0.29) is 5.97 Å². The normalized spacial score (nSPS) is 39.8. The first-order valence-electron chi connectivity index (χ1n) is 9.12. The maximum Gasteiger partial charge on any atom is 0.312 e. The molecule has 2 bridgehead atoms. The molecule has 0 saturated heterocycles. The Balaban J connectivity index is 2.16. The fourth-order valence-corrected chi connectivity index (χ4v) is 4.98. The topological polar surface area (TPSA) is 66.8 Å². The minimum absolute atomic E-state index is 0.191. The van der Waals surface area contributed by atoms with E-state index in [1.165, 1.54) is 0 Å². The summed E-state index contributed by atoms with van der Waals surface area (Å²) < 4.78 is 5.94. The lowest BCUT2D eigenvalue weighted by molar-refractivity contribution is -0.218. The number of ether oxygens (including phenoxy) is 1. The van der Waals surface area contributed by atoms with Crippen LogP contribution < -0.4 is 0 Å². The van der Waals surface area contributed by atoms with Crippen molar-refractivity contribution in [3.8, 4) is 0 Å². The van der Waals surface area contributed by atoms with Gasteiger partial charge >= 0.3 is 5.97 Å². The first-order chi connectivity index (χ1) is 10.4. The molecule has 2 N–H and O–H groups in total. The standard InChI is InChI=1S/C19H34O4/c1-6-16(4,10-14(2)3)15(20)23-17(5)11-18(21)8-7-9-19(22,12-17)13-18/h14,21-22H,6-13H2,1-5H3. The van der Waals surface area contributed by atoms with Gasteiger partial charge in [-0.15, -0.1) is 0 Å². The molecule has 0 spiro atoms. The van der Waals surface area contributed by atoms with Crippen molar-refractivity contribution in [2.24, 2.45) is 11.3 Å². The number of hydrogen-bond acceptors (Lipinski definition) is 4. The minimum Gasteiger partial charge on any atom is -0.459 e. The summed E-state index contributed by atoms with van der Waals surface area (Å²) in [6, 6.07) is 0. The van der Waals surface area contributed by atoms with E-state index in [0.29, 0.717) is 38.0 Å². The zero-order valence-electron chi connectivity index (χ0n) is 15.4. The van der Waals surface area contributed by atoms with E-state index in [1.54, 1.807) is 0 Å². The Bertz CT molecular complexity index is 442. The van der Waals surface area contributed by atoms with Gasteiger partial charge in [0.15, 0.2) is 0 Å². The fraction of sp³-hybridized carbons (Fsp3) is 0.947. The highest BCUT2D eigenvalue weighted by atomic mass is 16.6. The first-order valence-corrected chi connectivity index (χ1v) is 9.12. The van der Waals surface area contributed by atoms with Gasteiger partial charge < -0.3 is 14.9 Å². The average molecular weight is 326 g/mol. The lowest BCUT2D eigenvalue weighted by atomic mass is 9.61. The van der Waals surface area contributed by atoms with Crippen LogP contribution in [-0.2, 0) is 9.53 Å². The van der Waals surface area contributed by atoms with Crippen LogP contribution in [0.4, 0.5) is 0 Å². The molecule has 2 aliphatic rings. The highest BCUT2D eigenvalue weighted by molar-refractivity contribution is 5.76. The van der Waals surface area contributed by atoms with Crippen LogP contribution in [0.25, 0.3) is 0 Å². The SMILES string of the molecule is CCC(C)(CC(C)C)C(=O)OC1(C)CC2(O)CCCC(O)(C2)C1. The van der Waals surface area contributed by atoms with Crippen molar-refractivity contribution >= 4 is 5.97 Å². The predicted octanol–water partition coefficient (Wildman–Crippen LogP) is 3.58. The Labute approximate surface area is 140 Å². The van der Waals surface area contributed by atoms with Gasteiger partial charge in [-0.1, -0.05) is 20.8 Å². The van der Waals surface area contributed by atoms with Gasteiger partial charge in [-0.25, -0.2) is 0 Å². The Morgan fingerprint density at radius 3 is 2.13 bits per heavy atom. The van der Waals surface area contributed by atoms with Crippen molar-refractivity contribution in [1.82, 2.24) is 0 Å². The lowest BCUT2D eigenvalue weighted by Gasteiger charge is -2.53. The summed E-state index contributed by atoms with van der Waals surface area (Å²) in [4.78, 5) is 12.8. The molecule has 4 heteroatoms. The number of carbonyl (C=O) groups is 1. The van der Waals surface area contributed by atoms with Crippen LogP contribution in [0.2, 0.25) is 0 Å². The van der Waals surface area contributed by atoms with E-state index in [9.17, 15) is 15.0 Å². The van der Waals surface area contributed by atoms with E-state index in [1.807, 2.05) is 20.8 Å². The molecule has 0 aromatic heterocycles. The van der Waals surface area contributed by atoms with Gasteiger partial charge in [0.1, 0.15) is 5.60 Å². The van der Waals surface area contributed by atoms with E-state index in [2.05, 4.69) is 13.8 Å². The Kier molecular flexibility index (Phi) is 4.91. The molecule has 0 amide bonds. The van der Waals surface area contributed by atoms with Crippen LogP contribution in [0.3, 0.4) is 0 Å². The summed E-state index contributed by atoms with van der Waals surface area (Å²) >= 11 is 0. The monoisotopic (exact) mass is 326 g/mol. The van der Waals surface area contributed by atoms with E-state index in [0.717, 1.165) is 19.3 Å². The second-order valence-corrected chi connectivity index (χ2v) is 9.18. The van der Waals surface area contributed by atoms with E-state index >= 15 is 0 Å². The van der Waals surface area contributed by atoms with Crippen molar-refractivity contribution < 1.29 is 19.7 Å². The van der Waals surface area contributed by atoms with Crippen molar-refractivity contribution in [2.45, 2.75) is 103 Å². The molecular weight excluding hydrogens is 292 g/mol. The molecular formula is C19H34O4. The Morgan fingerprint density at radius 1 is 1.17 bits per heavy atom. The summed E-state index contributed by atoms with van der Waals surface area (Å²) in [6.45, 7) is 10.1. The van der Waals surface area contributed by atoms with Crippen LogP contribution in [-0.4, -0.2) is 33.0 Å². The summed E-state index contributed by atoms with van der Waals surface area (Å²) in [7, 11) is 0. The minimum atomic E-state index is -0.902. The Morgan fingerprint density at radius 2 is 1.70 bits per heavy atom. The van der Waals surface area contributed by atoms with Crippen LogP contribution in [0, 0.1) is 11.3 Å². The van der Waals surface area contributed by atoms with Crippen LogP contribution >= 0.6 is 0 Å². The molecule has 0 radical (unpaired) electrons. The third kappa shape index (κ3) is 4.08. The van der Waals surface area contributed by atoms with Crippen molar-refractivity contribution in [1.29, 1.82) is 0 Å². The van der Waals surface area contributed by atoms with Gasteiger partial charge in [-0.05, 0) is 51.9 Å². The molecule has 0 aromatic rings. The zero-order valence-corrected chi connectivity index (χ0v) is 15.4. The second-order valence-electron chi connectivity index (χ2n) is 9.18. The molecule has 0 aliphatic heterocycles. The molecule has 3 atom stereocenters. The predicted molar refractivity (Wildman–Crippen MR) is 90.0 cm³/mol. The molecule has 23 heavy (non-hydrogen) atoms. The molecule has 2 saturated carbocycles. The van der Waals surface area contributed by atoms with Gasteiger partial charge in [-0.3, -0.25) is 4.79 Å². The molecule has 2 rings (SSSR count). The maximum absolute atomic E-state index is 12.8. The summed E-state index contributed by atoms with van der Waals surface area (Å²) in [6.07, 6.45) is 4.97. The van der Waals surface area contributed by atoms with E-state index in [4.69, 9.17) is 4.74 Å². The number of fused-ring (bicyclic) bond motifs is 2. The number of hydrogen-bond donors (Lipinski definition) is 2. The van der Waals surface area contributed by atoms with Gasteiger partial charge in [0.25, 0.3) is 0 Å². The molecule has 0 aromatic carbocycles. The van der Waals surface area contributed by atoms with Crippen molar-refractivity contribution in [3.05, 3.63) is 0 Å². The number of rotatable bonds is 5. The van der Waals surface area contributed by atoms with Crippen LogP contribution in [0.1, 0.15) is 86.0 Å². The van der Waals surface area contributed by atoms with Crippen LogP contribution in [0.5, 0.6) is 0 Å². The molecule has 0 heterocycles. The molecule has 2 aliphatic carbocycles. The highest BCUT2D eigenvalue weighted by Crippen LogP contribution is 2.51. The van der Waals surface area contributed by atoms with Crippen molar-refractivity contribution in [2.75, 3.05) is 0 Å². The molecule has 4 nitrogen and oxygen atoms in total. The summed E-state index contributed by atoms with van der Waals surface area (Å²) in [5, 5.41) is 21.5. The van der Waals surface area contributed by atoms with Crippen molar-refractivity contribution in [3.63, 3.8) is 0 Å². The quantitative estimate of drug-likeness (QED) is 0.758. The highest BCUT2D eigenvalue weighted by Gasteiger charge is 2.56. The second kappa shape index (κ2) is 6.03. The first kappa shape index (κ1) is 18.7. The summed E-state index contributed by atoms with van der Waals surface area (Å²) in [5.41, 5.74) is -3.09. The van der Waals surface area contributed by atoms with Gasteiger partial charge in [-0.2, -0.15) is 0 Å². The maximum atomic E-state index is 12.8. The Hall–Kier alpha value is -0.610. The third-order valence-corrected chi connectivity index (χ3v) is 5.82. The largest absolute Gasteiger partial charge is 0.459 e. The molecule has 134 valence electrons. The van der Waals surface area contributed by atoms with Crippen LogP contribution in [0.15, 0.2) is 0 Å².